The van der Waals surface area contributed by atoms with E-state index in [1.807, 2.05) is 23.1 Å². The lowest BCUT2D eigenvalue weighted by Crippen LogP contribution is -2.45. The molecular weight excluding hydrogens is 340 g/mol. The Bertz CT molecular complexity index is 548. The zero-order valence-corrected chi connectivity index (χ0v) is 15.9. The average Bonchev–Trinajstić information content (AvgIpc) is 3.45. The number of methoxy groups -OCH3 is 2. The minimum Gasteiger partial charge on any atom is -0.496 e. The normalized spacial score (nSPS) is 17.8. The monoisotopic (exact) mass is 368 g/mol. The van der Waals surface area contributed by atoms with Gasteiger partial charge in [-0.1, -0.05) is 6.07 Å². The van der Waals surface area contributed by atoms with Gasteiger partial charge in [0.2, 0.25) is 5.91 Å². The number of nitrogens with zero attached hydrogens (tertiary/aromatic N) is 1. The summed E-state index contributed by atoms with van der Waals surface area (Å²) in [6.07, 6.45) is 5.17. The second-order valence-corrected chi connectivity index (χ2v) is 6.82. The highest BCUT2D eigenvalue weighted by Gasteiger charge is 2.26. The first-order valence-corrected chi connectivity index (χ1v) is 8.92. The number of hydrogen-bond acceptors (Lipinski definition) is 4. The number of ether oxygens (including phenoxy) is 2. The van der Waals surface area contributed by atoms with E-state index in [-0.39, 0.29) is 18.3 Å². The van der Waals surface area contributed by atoms with Crippen molar-refractivity contribution in [3.63, 3.8) is 0 Å². The summed E-state index contributed by atoms with van der Waals surface area (Å²) in [6.45, 7) is 2.81. The SMILES string of the molecule is COc1cccc(OC)c1CC(=O)N1CCC(NCC2CC2)CC1.Cl. The van der Waals surface area contributed by atoms with Gasteiger partial charge in [-0.05, 0) is 50.3 Å². The van der Waals surface area contributed by atoms with Crippen LogP contribution in [0.4, 0.5) is 0 Å². The van der Waals surface area contributed by atoms with E-state index < -0.39 is 0 Å². The Morgan fingerprint density at radius 1 is 1.12 bits per heavy atom. The molecule has 1 aliphatic heterocycles. The number of nitrogens with one attached hydrogen (secondary N) is 1. The maximum absolute atomic E-state index is 12.7. The molecule has 0 bridgehead atoms. The Kier molecular flexibility index (Phi) is 7.38. The molecule has 0 spiro atoms. The number of halogens is 1. The summed E-state index contributed by atoms with van der Waals surface area (Å²) in [5.41, 5.74) is 0.835. The third-order valence-corrected chi connectivity index (χ3v) is 5.10. The molecule has 25 heavy (non-hydrogen) atoms. The summed E-state index contributed by atoms with van der Waals surface area (Å²) in [5, 5.41) is 3.65. The minimum atomic E-state index is 0. The molecule has 1 saturated heterocycles. The van der Waals surface area contributed by atoms with Crippen molar-refractivity contribution < 1.29 is 14.3 Å². The molecular formula is C19H29ClN2O3. The molecule has 6 heteroatoms. The first-order valence-electron chi connectivity index (χ1n) is 8.92. The van der Waals surface area contributed by atoms with Crippen LogP contribution < -0.4 is 14.8 Å². The van der Waals surface area contributed by atoms with E-state index in [0.29, 0.717) is 24.0 Å². The van der Waals surface area contributed by atoms with Crippen molar-refractivity contribution in [3.8, 4) is 11.5 Å². The maximum atomic E-state index is 12.7. The molecule has 1 aromatic rings. The van der Waals surface area contributed by atoms with E-state index in [0.717, 1.165) is 44.0 Å². The van der Waals surface area contributed by atoms with Gasteiger partial charge in [0.15, 0.2) is 0 Å². The molecule has 1 aliphatic carbocycles. The van der Waals surface area contributed by atoms with Crippen LogP contribution in [-0.4, -0.2) is 50.7 Å². The molecule has 2 aliphatic rings. The summed E-state index contributed by atoms with van der Waals surface area (Å²) in [6, 6.07) is 6.19. The summed E-state index contributed by atoms with van der Waals surface area (Å²) in [7, 11) is 3.25. The van der Waals surface area contributed by atoms with Crippen molar-refractivity contribution in [1.29, 1.82) is 0 Å². The number of likely N-dealkylation sites (tertiary alicyclic amines) is 1. The van der Waals surface area contributed by atoms with Crippen molar-refractivity contribution in [2.45, 2.75) is 38.1 Å². The molecule has 0 aromatic heterocycles. The fourth-order valence-corrected chi connectivity index (χ4v) is 3.35. The molecule has 5 nitrogen and oxygen atoms in total. The fourth-order valence-electron chi connectivity index (χ4n) is 3.35. The molecule has 1 saturated carbocycles. The van der Waals surface area contributed by atoms with E-state index >= 15 is 0 Å². The van der Waals surface area contributed by atoms with Gasteiger partial charge < -0.3 is 19.7 Å². The van der Waals surface area contributed by atoms with Crippen molar-refractivity contribution in [2.24, 2.45) is 5.92 Å². The lowest BCUT2D eigenvalue weighted by molar-refractivity contribution is -0.131. The predicted octanol–water partition coefficient (Wildman–Crippen LogP) is 2.66. The molecule has 2 fully saturated rings. The van der Waals surface area contributed by atoms with Crippen LogP contribution in [0.5, 0.6) is 11.5 Å². The maximum Gasteiger partial charge on any atom is 0.227 e. The largest absolute Gasteiger partial charge is 0.496 e. The molecule has 3 rings (SSSR count). The van der Waals surface area contributed by atoms with Gasteiger partial charge >= 0.3 is 0 Å². The zero-order valence-electron chi connectivity index (χ0n) is 15.1. The lowest BCUT2D eigenvalue weighted by Gasteiger charge is -2.33. The van der Waals surface area contributed by atoms with Gasteiger partial charge in [0.25, 0.3) is 0 Å². The van der Waals surface area contributed by atoms with E-state index in [2.05, 4.69) is 5.32 Å². The number of piperidine rings is 1. The summed E-state index contributed by atoms with van der Waals surface area (Å²) >= 11 is 0. The Balaban J connectivity index is 0.00000225. The number of rotatable bonds is 7. The molecule has 0 unspecified atom stereocenters. The first kappa shape index (κ1) is 19.9. The van der Waals surface area contributed by atoms with Crippen LogP contribution in [0.15, 0.2) is 18.2 Å². The van der Waals surface area contributed by atoms with Crippen LogP contribution in [0.2, 0.25) is 0 Å². The van der Waals surface area contributed by atoms with Crippen LogP contribution >= 0.6 is 12.4 Å². The second kappa shape index (κ2) is 9.30. The lowest BCUT2D eigenvalue weighted by atomic mass is 10.0. The third kappa shape index (κ3) is 5.25. The van der Waals surface area contributed by atoms with Crippen LogP contribution in [0.1, 0.15) is 31.2 Å². The smallest absolute Gasteiger partial charge is 0.227 e. The van der Waals surface area contributed by atoms with Crippen molar-refractivity contribution in [1.82, 2.24) is 10.2 Å². The highest BCUT2D eigenvalue weighted by atomic mass is 35.5. The van der Waals surface area contributed by atoms with E-state index in [9.17, 15) is 4.79 Å². The van der Waals surface area contributed by atoms with Gasteiger partial charge in [0, 0.05) is 24.7 Å². The molecule has 1 aromatic carbocycles. The number of carbonyl (C=O) groups excluding carboxylic acids is 1. The average molecular weight is 369 g/mol. The quantitative estimate of drug-likeness (QED) is 0.803. The second-order valence-electron chi connectivity index (χ2n) is 6.82. The van der Waals surface area contributed by atoms with Gasteiger partial charge in [-0.15, -0.1) is 12.4 Å². The van der Waals surface area contributed by atoms with Crippen molar-refractivity contribution >= 4 is 18.3 Å². The van der Waals surface area contributed by atoms with Gasteiger partial charge in [0.1, 0.15) is 11.5 Å². The zero-order chi connectivity index (χ0) is 16.9. The highest BCUT2D eigenvalue weighted by Crippen LogP contribution is 2.30. The van der Waals surface area contributed by atoms with Crippen LogP contribution in [0, 0.1) is 5.92 Å². The first-order chi connectivity index (χ1) is 11.7. The number of amides is 1. The standard InChI is InChI=1S/C19H28N2O3.ClH/c1-23-17-4-3-5-18(24-2)16(17)12-19(22)21-10-8-15(9-11-21)20-13-14-6-7-14;/h3-5,14-15,20H,6-13H2,1-2H3;1H. The van der Waals surface area contributed by atoms with Gasteiger partial charge in [0.05, 0.1) is 20.6 Å². The number of carbonyl (C=O) groups is 1. The predicted molar refractivity (Wildman–Crippen MR) is 101 cm³/mol. The van der Waals surface area contributed by atoms with E-state index in [1.165, 1.54) is 12.8 Å². The fraction of sp³-hybridized carbons (Fsp3) is 0.632. The Hall–Kier alpha value is -1.46. The Morgan fingerprint density at radius 2 is 1.72 bits per heavy atom. The van der Waals surface area contributed by atoms with Gasteiger partial charge in [-0.3, -0.25) is 4.79 Å². The van der Waals surface area contributed by atoms with Crippen LogP contribution in [0.3, 0.4) is 0 Å². The van der Waals surface area contributed by atoms with Crippen LogP contribution in [0.25, 0.3) is 0 Å². The minimum absolute atomic E-state index is 0. The van der Waals surface area contributed by atoms with Gasteiger partial charge in [-0.2, -0.15) is 0 Å². The topological polar surface area (TPSA) is 50.8 Å². The third-order valence-electron chi connectivity index (χ3n) is 5.10. The summed E-state index contributed by atoms with van der Waals surface area (Å²) in [5.74, 6) is 2.48. The molecule has 0 radical (unpaired) electrons. The Labute approximate surface area is 156 Å². The number of hydrogen-bond donors (Lipinski definition) is 1. The molecule has 0 atom stereocenters. The van der Waals surface area contributed by atoms with E-state index in [1.54, 1.807) is 14.2 Å². The highest BCUT2D eigenvalue weighted by molar-refractivity contribution is 5.85. The molecule has 1 amide bonds. The molecule has 140 valence electrons. The van der Waals surface area contributed by atoms with Gasteiger partial charge in [-0.25, -0.2) is 0 Å². The van der Waals surface area contributed by atoms with Crippen molar-refractivity contribution in [2.75, 3.05) is 33.9 Å². The number of benzene rings is 1. The van der Waals surface area contributed by atoms with Crippen LogP contribution in [-0.2, 0) is 11.2 Å². The van der Waals surface area contributed by atoms with E-state index in [4.69, 9.17) is 9.47 Å². The summed E-state index contributed by atoms with van der Waals surface area (Å²) in [4.78, 5) is 14.7. The molecule has 1 N–H and O–H groups in total. The summed E-state index contributed by atoms with van der Waals surface area (Å²) < 4.78 is 10.8. The molecule has 1 heterocycles. The van der Waals surface area contributed by atoms with Crippen molar-refractivity contribution in [3.05, 3.63) is 23.8 Å². The Morgan fingerprint density at radius 3 is 2.24 bits per heavy atom.